The number of hydroxylamine groups is 1. The van der Waals surface area contributed by atoms with E-state index >= 15 is 0 Å². The molecular weight excluding hydrogens is 194 g/mol. The Labute approximate surface area is 89.5 Å². The van der Waals surface area contributed by atoms with E-state index < -0.39 is 0 Å². The van der Waals surface area contributed by atoms with E-state index in [9.17, 15) is 0 Å². The number of aryl methyl sites for hydroxylation is 1. The molecule has 1 aliphatic heterocycles. The van der Waals surface area contributed by atoms with E-state index in [1.165, 1.54) is 5.56 Å². The molecule has 0 fully saturated rings. The minimum Gasteiger partial charge on any atom is -0.384 e. The van der Waals surface area contributed by atoms with Crippen LogP contribution in [-0.4, -0.2) is 6.54 Å². The minimum absolute atomic E-state index is 0.794. The first-order valence-corrected chi connectivity index (χ1v) is 5.03. The topological polar surface area (TPSA) is 12.5 Å². The summed E-state index contributed by atoms with van der Waals surface area (Å²) in [4.78, 5) is 6.47. The maximum atomic E-state index is 5.51. The van der Waals surface area contributed by atoms with Gasteiger partial charge in [-0.2, -0.15) is 0 Å². The highest BCUT2D eigenvalue weighted by Gasteiger charge is 2.15. The van der Waals surface area contributed by atoms with Crippen LogP contribution >= 0.6 is 12.6 Å². The van der Waals surface area contributed by atoms with Crippen LogP contribution in [0.3, 0.4) is 0 Å². The fraction of sp³-hybridized carbons (Fsp3) is 0.273. The zero-order valence-corrected chi connectivity index (χ0v) is 9.21. The number of thiol groups is 1. The van der Waals surface area contributed by atoms with Crippen molar-refractivity contribution in [1.29, 1.82) is 0 Å². The number of hydrogen-bond acceptors (Lipinski definition) is 3. The van der Waals surface area contributed by atoms with Gasteiger partial charge in [0, 0.05) is 4.90 Å². The number of allylic oxidation sites excluding steroid dienone is 1. The maximum absolute atomic E-state index is 5.51. The van der Waals surface area contributed by atoms with Crippen LogP contribution in [0.1, 0.15) is 12.5 Å². The van der Waals surface area contributed by atoms with Crippen LogP contribution in [0.5, 0.6) is 0 Å². The maximum Gasteiger partial charge on any atom is 0.127 e. The molecule has 0 atom stereocenters. The summed E-state index contributed by atoms with van der Waals surface area (Å²) in [6, 6.07) is 6.13. The number of hydrogen-bond donors (Lipinski definition) is 1. The summed E-state index contributed by atoms with van der Waals surface area (Å²) in [7, 11) is 0. The van der Waals surface area contributed by atoms with Crippen LogP contribution in [0.15, 0.2) is 34.9 Å². The van der Waals surface area contributed by atoms with Crippen LogP contribution in [-0.2, 0) is 4.84 Å². The monoisotopic (exact) mass is 207 g/mol. The Bertz CT molecular complexity index is 387. The molecule has 0 aromatic heterocycles. The summed E-state index contributed by atoms with van der Waals surface area (Å²) < 4.78 is 0. The van der Waals surface area contributed by atoms with E-state index in [0.717, 1.165) is 22.9 Å². The van der Waals surface area contributed by atoms with E-state index in [1.54, 1.807) is 0 Å². The molecule has 1 aliphatic rings. The van der Waals surface area contributed by atoms with Crippen molar-refractivity contribution < 1.29 is 4.84 Å². The zero-order valence-electron chi connectivity index (χ0n) is 8.32. The van der Waals surface area contributed by atoms with Gasteiger partial charge in [-0.1, -0.05) is 6.07 Å². The predicted octanol–water partition coefficient (Wildman–Crippen LogP) is 2.94. The lowest BCUT2D eigenvalue weighted by Crippen LogP contribution is -2.17. The van der Waals surface area contributed by atoms with E-state index in [1.807, 2.05) is 30.2 Å². The Morgan fingerprint density at radius 2 is 2.14 bits per heavy atom. The minimum atomic E-state index is 0.794. The lowest BCUT2D eigenvalue weighted by atomic mass is 10.2. The van der Waals surface area contributed by atoms with Gasteiger partial charge < -0.3 is 4.84 Å². The molecule has 0 N–H and O–H groups in total. The van der Waals surface area contributed by atoms with E-state index in [0.29, 0.717) is 0 Å². The molecule has 0 radical (unpaired) electrons. The lowest BCUT2D eigenvalue weighted by molar-refractivity contribution is 0.213. The Morgan fingerprint density at radius 1 is 1.36 bits per heavy atom. The second-order valence-electron chi connectivity index (χ2n) is 3.46. The molecule has 0 unspecified atom stereocenters. The molecule has 0 aliphatic carbocycles. The third kappa shape index (κ3) is 1.73. The smallest absolute Gasteiger partial charge is 0.127 e. The van der Waals surface area contributed by atoms with Crippen LogP contribution < -0.4 is 5.06 Å². The largest absolute Gasteiger partial charge is 0.384 e. The first-order chi connectivity index (χ1) is 6.66. The van der Waals surface area contributed by atoms with Crippen molar-refractivity contribution in [2.75, 3.05) is 11.6 Å². The van der Waals surface area contributed by atoms with Gasteiger partial charge in [-0.25, -0.2) is 5.06 Å². The van der Waals surface area contributed by atoms with Crippen molar-refractivity contribution in [3.63, 3.8) is 0 Å². The van der Waals surface area contributed by atoms with E-state index in [4.69, 9.17) is 4.84 Å². The predicted molar refractivity (Wildman–Crippen MR) is 60.6 cm³/mol. The van der Waals surface area contributed by atoms with Crippen LogP contribution in [0.2, 0.25) is 0 Å². The fourth-order valence-corrected chi connectivity index (χ4v) is 1.84. The number of nitrogens with zero attached hydrogens (tertiary/aromatic N) is 1. The summed E-state index contributed by atoms with van der Waals surface area (Å²) in [6.07, 6.45) is 2.05. The first kappa shape index (κ1) is 9.46. The molecule has 0 saturated carbocycles. The standard InChI is InChI=1S/C11H13NOS/c1-8-3-4-10(11(14)7-8)12-6-5-9(2)13-12/h3-5,7,14H,6H2,1-2H3. The van der Waals surface area contributed by atoms with Crippen LogP contribution in [0, 0.1) is 6.92 Å². The molecule has 1 heterocycles. The molecule has 0 amide bonds. The van der Waals surface area contributed by atoms with Crippen molar-refractivity contribution in [1.82, 2.24) is 0 Å². The highest BCUT2D eigenvalue weighted by Crippen LogP contribution is 2.28. The molecular formula is C11H13NOS. The van der Waals surface area contributed by atoms with Crippen molar-refractivity contribution in [3.8, 4) is 0 Å². The van der Waals surface area contributed by atoms with E-state index in [2.05, 4.69) is 25.6 Å². The Morgan fingerprint density at radius 3 is 2.71 bits per heavy atom. The summed E-state index contributed by atoms with van der Waals surface area (Å²) in [5.74, 6) is 0.943. The third-order valence-electron chi connectivity index (χ3n) is 2.20. The second-order valence-corrected chi connectivity index (χ2v) is 3.94. The molecule has 2 rings (SSSR count). The normalized spacial score (nSPS) is 15.4. The van der Waals surface area contributed by atoms with Crippen molar-refractivity contribution in [2.24, 2.45) is 0 Å². The molecule has 2 nitrogen and oxygen atoms in total. The quantitative estimate of drug-likeness (QED) is 0.711. The Hall–Kier alpha value is -1.09. The van der Waals surface area contributed by atoms with Crippen LogP contribution in [0.4, 0.5) is 5.69 Å². The third-order valence-corrected chi connectivity index (χ3v) is 2.56. The summed E-state index contributed by atoms with van der Waals surface area (Å²) >= 11 is 4.43. The van der Waals surface area contributed by atoms with Crippen molar-refractivity contribution in [2.45, 2.75) is 18.7 Å². The van der Waals surface area contributed by atoms with Crippen molar-refractivity contribution in [3.05, 3.63) is 35.6 Å². The molecule has 3 heteroatoms. The SMILES string of the molecule is CC1=CCN(c2ccc(C)cc2S)O1. The molecule has 0 bridgehead atoms. The van der Waals surface area contributed by atoms with Crippen LogP contribution in [0.25, 0.3) is 0 Å². The van der Waals surface area contributed by atoms with Crippen molar-refractivity contribution >= 4 is 18.3 Å². The highest BCUT2D eigenvalue weighted by molar-refractivity contribution is 7.80. The molecule has 14 heavy (non-hydrogen) atoms. The molecule has 1 aromatic rings. The number of benzene rings is 1. The molecule has 1 aromatic carbocycles. The number of rotatable bonds is 1. The molecule has 74 valence electrons. The molecule has 0 saturated heterocycles. The van der Waals surface area contributed by atoms with Gasteiger partial charge in [0.2, 0.25) is 0 Å². The average molecular weight is 207 g/mol. The fourth-order valence-electron chi connectivity index (χ4n) is 1.45. The Kier molecular flexibility index (Phi) is 2.42. The van der Waals surface area contributed by atoms with Gasteiger partial charge in [-0.15, -0.1) is 12.6 Å². The number of anilines is 1. The van der Waals surface area contributed by atoms with E-state index in [-0.39, 0.29) is 0 Å². The van der Waals surface area contributed by atoms with Gasteiger partial charge in [-0.3, -0.25) is 0 Å². The average Bonchev–Trinajstić information content (AvgIpc) is 2.51. The van der Waals surface area contributed by atoms with Gasteiger partial charge in [0.15, 0.2) is 0 Å². The highest BCUT2D eigenvalue weighted by atomic mass is 32.1. The second kappa shape index (κ2) is 3.58. The first-order valence-electron chi connectivity index (χ1n) is 4.59. The summed E-state index contributed by atoms with van der Waals surface area (Å²) in [5, 5.41) is 1.84. The Balaban J connectivity index is 2.25. The summed E-state index contributed by atoms with van der Waals surface area (Å²) in [5.41, 5.74) is 2.23. The lowest BCUT2D eigenvalue weighted by Gasteiger charge is -2.19. The van der Waals surface area contributed by atoms with Gasteiger partial charge in [0.1, 0.15) is 5.76 Å². The molecule has 0 spiro atoms. The van der Waals surface area contributed by atoms with Gasteiger partial charge in [-0.05, 0) is 37.6 Å². The van der Waals surface area contributed by atoms with Gasteiger partial charge in [0.25, 0.3) is 0 Å². The van der Waals surface area contributed by atoms with Gasteiger partial charge >= 0.3 is 0 Å². The zero-order chi connectivity index (χ0) is 10.1. The van der Waals surface area contributed by atoms with Gasteiger partial charge in [0.05, 0.1) is 12.2 Å². The summed E-state index contributed by atoms with van der Waals surface area (Å²) in [6.45, 7) is 4.80.